The molecule has 0 atom stereocenters. The Balaban J connectivity index is 0.000000112. The minimum Gasteiger partial charge on any atom is -0.452 e. The Kier molecular flexibility index (Phi) is 7.22. The molecule has 0 N–H and O–H groups in total. The van der Waals surface area contributed by atoms with Gasteiger partial charge in [0.2, 0.25) is 0 Å². The molecule has 0 aromatic carbocycles. The summed E-state index contributed by atoms with van der Waals surface area (Å²) in [5.41, 5.74) is 0. The molecule has 0 spiro atoms. The van der Waals surface area contributed by atoms with Gasteiger partial charge in [0, 0.05) is 5.41 Å². The molecule has 0 bridgehead atoms. The van der Waals surface area contributed by atoms with Crippen LogP contribution in [0.5, 0.6) is 0 Å². The zero-order valence-corrected chi connectivity index (χ0v) is 9.19. The van der Waals surface area contributed by atoms with Gasteiger partial charge in [-0.3, -0.25) is 0 Å². The zero-order chi connectivity index (χ0) is 10.6. The van der Waals surface area contributed by atoms with E-state index in [0.29, 0.717) is 0 Å². The number of oxazole rings is 1. The van der Waals surface area contributed by atoms with Crippen LogP contribution in [0.25, 0.3) is 0 Å². The SMILES string of the molecule is C1=CSSO1.c1cnoc1.c1cocn1. The molecule has 2 aromatic rings. The second-order valence-electron chi connectivity index (χ2n) is 1.90. The van der Waals surface area contributed by atoms with E-state index in [-0.39, 0.29) is 0 Å². The van der Waals surface area contributed by atoms with Gasteiger partial charge in [-0.1, -0.05) is 5.16 Å². The van der Waals surface area contributed by atoms with Crippen molar-refractivity contribution in [2.45, 2.75) is 0 Å². The number of rotatable bonds is 0. The minimum atomic E-state index is 1.38. The Bertz CT molecular complexity index is 257. The lowest BCUT2D eigenvalue weighted by atomic mass is 10.8. The molecule has 7 heteroatoms. The quantitative estimate of drug-likeness (QED) is 0.521. The maximum atomic E-state index is 4.64. The summed E-state index contributed by atoms with van der Waals surface area (Å²) in [4.78, 5) is 3.56. The Morgan fingerprint density at radius 1 is 1.13 bits per heavy atom. The highest BCUT2D eigenvalue weighted by Crippen LogP contribution is 2.29. The lowest BCUT2D eigenvalue weighted by Gasteiger charge is -1.74. The topological polar surface area (TPSA) is 61.3 Å². The Labute approximate surface area is 94.5 Å². The van der Waals surface area contributed by atoms with Crippen molar-refractivity contribution in [2.24, 2.45) is 0 Å². The fourth-order valence-corrected chi connectivity index (χ4v) is 1.37. The average molecular weight is 244 g/mol. The molecule has 3 heterocycles. The maximum Gasteiger partial charge on any atom is 0.180 e. The molecule has 0 unspecified atom stereocenters. The summed E-state index contributed by atoms with van der Waals surface area (Å²) in [6, 6.07) is 1.72. The van der Waals surface area contributed by atoms with Crippen LogP contribution in [0.1, 0.15) is 0 Å². The molecule has 0 saturated heterocycles. The second kappa shape index (κ2) is 9.22. The van der Waals surface area contributed by atoms with Gasteiger partial charge in [-0.2, -0.15) is 0 Å². The molecule has 80 valence electrons. The van der Waals surface area contributed by atoms with E-state index < -0.39 is 0 Å². The Hall–Kier alpha value is -1.34. The van der Waals surface area contributed by atoms with Crippen LogP contribution in [-0.4, -0.2) is 10.1 Å². The number of aromatic nitrogens is 2. The standard InChI is InChI=1S/2C3H3NO.C2H2OS2/c1-2-5-3-4-1;2*1-2-4-5-3-1/h2*1-3H;1-2H. The van der Waals surface area contributed by atoms with Crippen molar-refractivity contribution in [3.63, 3.8) is 0 Å². The predicted octanol–water partition coefficient (Wildman–Crippen LogP) is 3.13. The molecule has 2 aromatic heterocycles. The van der Waals surface area contributed by atoms with Crippen LogP contribution in [-0.2, 0) is 4.18 Å². The lowest BCUT2D eigenvalue weighted by Crippen LogP contribution is -1.39. The van der Waals surface area contributed by atoms with Crippen molar-refractivity contribution in [1.29, 1.82) is 0 Å². The van der Waals surface area contributed by atoms with Gasteiger partial charge < -0.3 is 13.1 Å². The monoisotopic (exact) mass is 244 g/mol. The van der Waals surface area contributed by atoms with Crippen LogP contribution in [0.15, 0.2) is 58.0 Å². The maximum absolute atomic E-state index is 4.64. The number of hydrogen-bond donors (Lipinski definition) is 0. The highest BCUT2D eigenvalue weighted by atomic mass is 33.1. The second-order valence-corrected chi connectivity index (χ2v) is 3.68. The third-order valence-electron chi connectivity index (χ3n) is 0.940. The van der Waals surface area contributed by atoms with Crippen molar-refractivity contribution in [2.75, 3.05) is 0 Å². The van der Waals surface area contributed by atoms with Crippen molar-refractivity contribution in [3.8, 4) is 0 Å². The van der Waals surface area contributed by atoms with Gasteiger partial charge in [0.1, 0.15) is 29.9 Å². The van der Waals surface area contributed by atoms with Crippen molar-refractivity contribution in [1.82, 2.24) is 10.1 Å². The van der Waals surface area contributed by atoms with Crippen LogP contribution in [0.2, 0.25) is 0 Å². The van der Waals surface area contributed by atoms with Crippen LogP contribution in [0.3, 0.4) is 0 Å². The fraction of sp³-hybridized carbons (Fsp3) is 0. The summed E-state index contributed by atoms with van der Waals surface area (Å²) in [7, 11) is 1.59. The van der Waals surface area contributed by atoms with E-state index in [0.717, 1.165) is 0 Å². The van der Waals surface area contributed by atoms with E-state index in [4.69, 9.17) is 0 Å². The third-order valence-corrected chi connectivity index (χ3v) is 2.23. The molecule has 0 amide bonds. The van der Waals surface area contributed by atoms with Gasteiger partial charge >= 0.3 is 0 Å². The molecule has 1 aliphatic rings. The summed E-state index contributed by atoms with van der Waals surface area (Å²) in [6.45, 7) is 0. The van der Waals surface area contributed by atoms with E-state index in [2.05, 4.69) is 23.3 Å². The predicted molar refractivity (Wildman–Crippen MR) is 58.4 cm³/mol. The van der Waals surface area contributed by atoms with E-state index >= 15 is 0 Å². The van der Waals surface area contributed by atoms with Crippen molar-refractivity contribution < 1.29 is 13.1 Å². The Morgan fingerprint density at radius 3 is 2.33 bits per heavy atom. The van der Waals surface area contributed by atoms with E-state index in [1.165, 1.54) is 30.0 Å². The first-order chi connectivity index (χ1) is 7.50. The van der Waals surface area contributed by atoms with Crippen LogP contribution < -0.4 is 0 Å². The molecule has 1 aliphatic heterocycles. The van der Waals surface area contributed by atoms with Crippen molar-refractivity contribution in [3.05, 3.63) is 49.1 Å². The largest absolute Gasteiger partial charge is 0.452 e. The lowest BCUT2D eigenvalue weighted by molar-refractivity contribution is 0.420. The van der Waals surface area contributed by atoms with Gasteiger partial charge in [0.05, 0.1) is 12.4 Å². The zero-order valence-electron chi connectivity index (χ0n) is 7.55. The van der Waals surface area contributed by atoms with Gasteiger partial charge in [0.25, 0.3) is 0 Å². The summed E-state index contributed by atoms with van der Waals surface area (Å²) >= 11 is 1.38. The van der Waals surface area contributed by atoms with Gasteiger partial charge in [-0.15, -0.1) is 0 Å². The Morgan fingerprint density at radius 2 is 2.13 bits per heavy atom. The summed E-state index contributed by atoms with van der Waals surface area (Å²) in [6.07, 6.45) is 9.23. The molecule has 5 nitrogen and oxygen atoms in total. The van der Waals surface area contributed by atoms with Crippen molar-refractivity contribution >= 4 is 21.9 Å². The molecule has 15 heavy (non-hydrogen) atoms. The smallest absolute Gasteiger partial charge is 0.180 e. The third kappa shape index (κ3) is 7.71. The molecular weight excluding hydrogens is 236 g/mol. The fourth-order valence-electron chi connectivity index (χ4n) is 0.465. The molecular formula is C8H8N2O3S2. The highest BCUT2D eigenvalue weighted by Gasteiger charge is 1.87. The first kappa shape index (κ1) is 11.7. The van der Waals surface area contributed by atoms with Gasteiger partial charge in [-0.25, -0.2) is 4.98 Å². The van der Waals surface area contributed by atoms with E-state index in [9.17, 15) is 0 Å². The summed E-state index contributed by atoms with van der Waals surface area (Å²) in [5.74, 6) is 0. The first-order valence-corrected chi connectivity index (χ1v) is 5.94. The van der Waals surface area contributed by atoms with E-state index in [1.54, 1.807) is 35.5 Å². The molecule has 3 rings (SSSR count). The van der Waals surface area contributed by atoms with E-state index in [1.807, 2.05) is 5.41 Å². The van der Waals surface area contributed by atoms with Crippen LogP contribution in [0.4, 0.5) is 0 Å². The van der Waals surface area contributed by atoms with Gasteiger partial charge in [-0.05, 0) is 16.9 Å². The minimum absolute atomic E-state index is 1.38. The number of nitrogens with zero attached hydrogens (tertiary/aromatic N) is 2. The molecule has 0 aliphatic carbocycles. The first-order valence-electron chi connectivity index (χ1n) is 3.80. The number of hydrogen-bond acceptors (Lipinski definition) is 7. The normalized spacial score (nSPS) is 11.7. The molecule has 0 saturated carbocycles. The molecule has 0 radical (unpaired) electrons. The summed E-state index contributed by atoms with van der Waals surface area (Å²) in [5, 5.41) is 5.24. The average Bonchev–Trinajstić information content (AvgIpc) is 3.09. The van der Waals surface area contributed by atoms with Crippen LogP contribution in [0, 0.1) is 0 Å². The van der Waals surface area contributed by atoms with Gasteiger partial charge in [0.15, 0.2) is 6.39 Å². The summed E-state index contributed by atoms with van der Waals surface area (Å²) < 4.78 is 13.4. The molecule has 0 fully saturated rings. The highest BCUT2D eigenvalue weighted by molar-refractivity contribution is 8.76. The van der Waals surface area contributed by atoms with Crippen LogP contribution >= 0.6 is 21.9 Å².